The van der Waals surface area contributed by atoms with E-state index in [0.29, 0.717) is 27.7 Å². The van der Waals surface area contributed by atoms with Crippen molar-refractivity contribution < 1.29 is 14.7 Å². The van der Waals surface area contributed by atoms with Gasteiger partial charge in [0.1, 0.15) is 4.88 Å². The Kier molecular flexibility index (Phi) is 2.28. The quantitative estimate of drug-likeness (QED) is 0.556. The molecule has 1 heterocycles. The van der Waals surface area contributed by atoms with Crippen LogP contribution in [0.5, 0.6) is 0 Å². The van der Waals surface area contributed by atoms with Gasteiger partial charge < -0.3 is 10.4 Å². The zero-order chi connectivity index (χ0) is 11.0. The number of carbonyl (C=O) groups excluding carboxylic acids is 2. The lowest BCUT2D eigenvalue weighted by Crippen LogP contribution is -2.05. The lowest BCUT2D eigenvalue weighted by molar-refractivity contribution is -0.114. The number of nitrogens with zero attached hydrogens (tertiary/aromatic N) is 1. The second kappa shape index (κ2) is 3.47. The highest BCUT2D eigenvalue weighted by Gasteiger charge is 2.29. The number of aromatic nitrogens is 1. The molecular formula is C9H8N2O3S. The predicted octanol–water partition coefficient (Wildman–Crippen LogP) is 1.28. The third-order valence-corrected chi connectivity index (χ3v) is 3.00. The number of hydrogen-bond acceptors (Lipinski definition) is 5. The van der Waals surface area contributed by atoms with Crippen molar-refractivity contribution in [2.45, 2.75) is 13.3 Å². The molecule has 0 radical (unpaired) electrons. The molecule has 0 aromatic carbocycles. The topological polar surface area (TPSA) is 79.3 Å². The number of thiazole rings is 1. The lowest BCUT2D eigenvalue weighted by Gasteiger charge is -1.94. The first-order valence-corrected chi connectivity index (χ1v) is 5.08. The van der Waals surface area contributed by atoms with Crippen molar-refractivity contribution in [3.05, 3.63) is 22.4 Å². The second-order valence-electron chi connectivity index (χ2n) is 3.14. The molecule has 0 aliphatic heterocycles. The number of allylic oxidation sites excluding steroid dienone is 1. The summed E-state index contributed by atoms with van der Waals surface area (Å²) in [7, 11) is 0. The number of anilines is 1. The monoisotopic (exact) mass is 224 g/mol. The summed E-state index contributed by atoms with van der Waals surface area (Å²) in [6.07, 6.45) is 1.15. The number of ketones is 1. The fourth-order valence-electron chi connectivity index (χ4n) is 1.36. The van der Waals surface area contributed by atoms with Crippen LogP contribution in [0.25, 0.3) is 0 Å². The Labute approximate surface area is 89.5 Å². The van der Waals surface area contributed by atoms with E-state index in [1.807, 2.05) is 0 Å². The molecule has 2 N–H and O–H groups in total. The van der Waals surface area contributed by atoms with Gasteiger partial charge in [-0.15, -0.1) is 0 Å². The molecule has 0 fully saturated rings. The summed E-state index contributed by atoms with van der Waals surface area (Å²) >= 11 is 1.13. The van der Waals surface area contributed by atoms with E-state index in [9.17, 15) is 9.59 Å². The van der Waals surface area contributed by atoms with E-state index in [1.54, 1.807) is 0 Å². The molecule has 6 heteroatoms. The van der Waals surface area contributed by atoms with Crippen LogP contribution < -0.4 is 5.32 Å². The van der Waals surface area contributed by atoms with E-state index in [-0.39, 0.29) is 11.7 Å². The van der Waals surface area contributed by atoms with Gasteiger partial charge in [0.15, 0.2) is 5.13 Å². The molecule has 1 aromatic heterocycles. The van der Waals surface area contributed by atoms with Gasteiger partial charge in [0.25, 0.3) is 0 Å². The van der Waals surface area contributed by atoms with E-state index >= 15 is 0 Å². The maximum absolute atomic E-state index is 11.6. The Morgan fingerprint density at radius 2 is 2.40 bits per heavy atom. The summed E-state index contributed by atoms with van der Waals surface area (Å²) in [6.45, 7) is 1.38. The molecule has 0 atom stereocenters. The van der Waals surface area contributed by atoms with Crippen LogP contribution in [0.2, 0.25) is 0 Å². The number of fused-ring (bicyclic) bond motifs is 1. The zero-order valence-electron chi connectivity index (χ0n) is 7.90. The molecule has 0 saturated heterocycles. The van der Waals surface area contributed by atoms with Crippen molar-refractivity contribution in [3.8, 4) is 0 Å². The van der Waals surface area contributed by atoms with Crippen LogP contribution in [0.1, 0.15) is 22.3 Å². The summed E-state index contributed by atoms with van der Waals surface area (Å²) in [4.78, 5) is 26.9. The highest BCUT2D eigenvalue weighted by Crippen LogP contribution is 2.32. The number of aliphatic hydroxyl groups is 1. The molecule has 78 valence electrons. The Bertz CT molecular complexity index is 476. The number of nitrogens with one attached hydrogen (secondary N) is 1. The minimum absolute atomic E-state index is 0.207. The Balaban J connectivity index is 2.31. The first kappa shape index (κ1) is 9.85. The van der Waals surface area contributed by atoms with Crippen LogP contribution >= 0.6 is 11.3 Å². The Morgan fingerprint density at radius 1 is 1.67 bits per heavy atom. The first-order valence-electron chi connectivity index (χ1n) is 4.27. The molecule has 0 unspecified atom stereocenters. The maximum Gasteiger partial charge on any atom is 0.223 e. The van der Waals surface area contributed by atoms with Gasteiger partial charge in [-0.05, 0) is 0 Å². The van der Waals surface area contributed by atoms with Gasteiger partial charge in [0.2, 0.25) is 11.7 Å². The van der Waals surface area contributed by atoms with Crippen molar-refractivity contribution in [2.75, 3.05) is 5.32 Å². The van der Waals surface area contributed by atoms with E-state index in [4.69, 9.17) is 5.11 Å². The van der Waals surface area contributed by atoms with E-state index in [0.717, 1.165) is 17.6 Å². The number of hydrogen-bond donors (Lipinski definition) is 2. The second-order valence-corrected chi connectivity index (χ2v) is 4.14. The zero-order valence-corrected chi connectivity index (χ0v) is 8.72. The molecule has 1 aliphatic rings. The number of carbonyl (C=O) groups is 2. The summed E-state index contributed by atoms with van der Waals surface area (Å²) in [5, 5.41) is 11.7. The van der Waals surface area contributed by atoms with Gasteiger partial charge in [0, 0.05) is 18.9 Å². The molecule has 0 saturated carbocycles. The van der Waals surface area contributed by atoms with Crippen LogP contribution in [-0.2, 0) is 11.2 Å². The van der Waals surface area contributed by atoms with Gasteiger partial charge in [0.05, 0.1) is 12.0 Å². The first-order chi connectivity index (χ1) is 7.11. The van der Waals surface area contributed by atoms with Gasteiger partial charge in [-0.2, -0.15) is 0 Å². The number of aliphatic hydroxyl groups excluding tert-OH is 1. The summed E-state index contributed by atoms with van der Waals surface area (Å²) in [5.41, 5.74) is 0.965. The summed E-state index contributed by atoms with van der Waals surface area (Å²) < 4.78 is 0. The molecule has 5 nitrogen and oxygen atoms in total. The van der Waals surface area contributed by atoms with Gasteiger partial charge >= 0.3 is 0 Å². The third-order valence-electron chi connectivity index (χ3n) is 1.99. The number of Topliss-reactive ketones (excluding diaryl/α,β-unsaturated/α-hetero) is 1. The fourth-order valence-corrected chi connectivity index (χ4v) is 2.37. The number of amides is 1. The van der Waals surface area contributed by atoms with Crippen LogP contribution in [0.3, 0.4) is 0 Å². The fraction of sp³-hybridized carbons (Fsp3) is 0.222. The molecule has 0 spiro atoms. The van der Waals surface area contributed by atoms with Crippen molar-refractivity contribution in [1.29, 1.82) is 0 Å². The highest BCUT2D eigenvalue weighted by molar-refractivity contribution is 7.18. The Hall–Kier alpha value is -1.69. The van der Waals surface area contributed by atoms with Crippen LogP contribution in [0, 0.1) is 0 Å². The average molecular weight is 224 g/mol. The average Bonchev–Trinajstić information content (AvgIpc) is 2.65. The Morgan fingerprint density at radius 3 is 2.93 bits per heavy atom. The van der Waals surface area contributed by atoms with Crippen molar-refractivity contribution in [2.24, 2.45) is 0 Å². The molecular weight excluding hydrogens is 216 g/mol. The van der Waals surface area contributed by atoms with E-state index < -0.39 is 0 Å². The highest BCUT2D eigenvalue weighted by atomic mass is 32.1. The molecule has 0 bridgehead atoms. The molecule has 1 amide bonds. The molecule has 1 aromatic rings. The lowest BCUT2D eigenvalue weighted by atomic mass is 10.2. The van der Waals surface area contributed by atoms with Gasteiger partial charge in [-0.1, -0.05) is 11.3 Å². The van der Waals surface area contributed by atoms with Crippen molar-refractivity contribution in [3.63, 3.8) is 0 Å². The predicted molar refractivity (Wildman–Crippen MR) is 55.2 cm³/mol. The van der Waals surface area contributed by atoms with Crippen molar-refractivity contribution in [1.82, 2.24) is 4.98 Å². The van der Waals surface area contributed by atoms with E-state index in [1.165, 1.54) is 6.92 Å². The van der Waals surface area contributed by atoms with Crippen LogP contribution in [0.4, 0.5) is 5.13 Å². The molecule has 15 heavy (non-hydrogen) atoms. The maximum atomic E-state index is 11.6. The standard InChI is InChI=1S/C9H8N2O3S/c1-4(13)10-9-11-6-2-5(3-12)7(14)8(6)15-9/h3,12H,2H2,1H3,(H,10,11,13)/b5-3-. The molecule has 1 aliphatic carbocycles. The minimum Gasteiger partial charge on any atom is -0.515 e. The van der Waals surface area contributed by atoms with Crippen molar-refractivity contribution >= 4 is 28.2 Å². The van der Waals surface area contributed by atoms with Crippen LogP contribution in [-0.4, -0.2) is 21.8 Å². The SMILES string of the molecule is CC(=O)Nc1nc2c(s1)C(=O)/C(=C\O)C2. The van der Waals surface area contributed by atoms with E-state index in [2.05, 4.69) is 10.3 Å². The third kappa shape index (κ3) is 1.63. The van der Waals surface area contributed by atoms with Gasteiger partial charge in [-0.3, -0.25) is 9.59 Å². The molecule has 2 rings (SSSR count). The largest absolute Gasteiger partial charge is 0.515 e. The minimum atomic E-state index is -0.215. The summed E-state index contributed by atoms with van der Waals surface area (Å²) in [5.74, 6) is -0.422. The normalized spacial score (nSPS) is 16.9. The number of rotatable bonds is 1. The smallest absolute Gasteiger partial charge is 0.223 e. The van der Waals surface area contributed by atoms with Crippen LogP contribution in [0.15, 0.2) is 11.8 Å². The summed E-state index contributed by atoms with van der Waals surface area (Å²) in [6, 6.07) is 0. The van der Waals surface area contributed by atoms with Gasteiger partial charge in [-0.25, -0.2) is 4.98 Å².